The lowest BCUT2D eigenvalue weighted by atomic mass is 9.32. The molecule has 1 unspecified atom stereocenters. The highest BCUT2D eigenvalue weighted by Crippen LogP contribution is 2.77. The third-order valence-electron chi connectivity index (χ3n) is 13.5. The molecule has 33 heavy (non-hydrogen) atoms. The number of esters is 1. The van der Waals surface area contributed by atoms with E-state index in [1.54, 1.807) is 0 Å². The predicted molar refractivity (Wildman–Crippen MR) is 129 cm³/mol. The molecule has 182 valence electrons. The Morgan fingerprint density at radius 1 is 0.848 bits per heavy atom. The van der Waals surface area contributed by atoms with Crippen LogP contribution in [0.15, 0.2) is 12.2 Å². The van der Waals surface area contributed by atoms with Gasteiger partial charge in [-0.05, 0) is 96.7 Å². The molecule has 6 fully saturated rings. The molecule has 0 spiro atoms. The maximum Gasteiger partial charge on any atom is 0.334 e. The SMILES string of the molecule is C=C1C(=O)OC2C[C@]3(C)CC[C@]4(C)[C@H](CC[C@@H]5[C@@]6(C)CCC(=O)C(C)(C)[C@@H]6CC[C@]54C)[C@H]3[C@H]12. The first-order valence-electron chi connectivity index (χ1n) is 13.7. The zero-order chi connectivity index (χ0) is 23.8. The molecule has 0 amide bonds. The summed E-state index contributed by atoms with van der Waals surface area (Å²) in [5, 5.41) is 0. The summed E-state index contributed by atoms with van der Waals surface area (Å²) in [5.74, 6) is 2.93. The van der Waals surface area contributed by atoms with Crippen LogP contribution in [0.1, 0.15) is 99.3 Å². The van der Waals surface area contributed by atoms with Crippen LogP contribution >= 0.6 is 0 Å². The van der Waals surface area contributed by atoms with Crippen molar-refractivity contribution in [3.8, 4) is 0 Å². The predicted octanol–water partition coefficient (Wildman–Crippen LogP) is 6.75. The Morgan fingerprint density at radius 3 is 2.30 bits per heavy atom. The van der Waals surface area contributed by atoms with Crippen LogP contribution in [0.3, 0.4) is 0 Å². The van der Waals surface area contributed by atoms with Gasteiger partial charge < -0.3 is 4.74 Å². The van der Waals surface area contributed by atoms with E-state index in [9.17, 15) is 9.59 Å². The zero-order valence-electron chi connectivity index (χ0n) is 21.8. The van der Waals surface area contributed by atoms with Crippen LogP contribution in [-0.4, -0.2) is 17.9 Å². The highest BCUT2D eigenvalue weighted by atomic mass is 16.6. The van der Waals surface area contributed by atoms with Crippen LogP contribution in [0.25, 0.3) is 0 Å². The van der Waals surface area contributed by atoms with Crippen LogP contribution in [0, 0.1) is 56.7 Å². The molecular weight excluding hydrogens is 408 g/mol. The Balaban J connectivity index is 1.40. The second-order valence-electron chi connectivity index (χ2n) is 14.7. The van der Waals surface area contributed by atoms with Gasteiger partial charge in [-0.15, -0.1) is 0 Å². The third-order valence-corrected chi connectivity index (χ3v) is 13.5. The van der Waals surface area contributed by atoms with E-state index in [4.69, 9.17) is 4.74 Å². The standard InChI is InChI=1S/C30H44O3/c1-17-23-19(33-25(17)32)16-27(4)14-15-29(6)18(24(23)27)8-9-21-28(5)12-11-22(31)26(2,3)20(28)10-13-30(21,29)7/h18-21,23-24H,1,8-16H2,2-7H3/t18-,19?,20+,21-,23-,24+,27+,28+,29-,30-/m1/s1. The molecule has 0 aromatic heterocycles. The first-order chi connectivity index (χ1) is 15.3. The molecule has 0 radical (unpaired) electrons. The summed E-state index contributed by atoms with van der Waals surface area (Å²) < 4.78 is 5.85. The van der Waals surface area contributed by atoms with Gasteiger partial charge in [-0.25, -0.2) is 4.79 Å². The number of carbonyl (C=O) groups excluding carboxylic acids is 2. The van der Waals surface area contributed by atoms with Crippen molar-refractivity contribution in [2.24, 2.45) is 56.7 Å². The number of hydrogen-bond acceptors (Lipinski definition) is 3. The summed E-state index contributed by atoms with van der Waals surface area (Å²) in [6.45, 7) is 19.0. The number of carbonyl (C=O) groups is 2. The van der Waals surface area contributed by atoms with Crippen molar-refractivity contribution in [1.29, 1.82) is 0 Å². The quantitative estimate of drug-likeness (QED) is 0.302. The average molecular weight is 453 g/mol. The molecule has 0 N–H and O–H groups in total. The maximum atomic E-state index is 12.9. The van der Waals surface area contributed by atoms with Gasteiger partial charge in [-0.3, -0.25) is 4.79 Å². The molecule has 5 aliphatic carbocycles. The molecule has 10 atom stereocenters. The van der Waals surface area contributed by atoms with E-state index < -0.39 is 0 Å². The van der Waals surface area contributed by atoms with Crippen LogP contribution in [0.2, 0.25) is 0 Å². The van der Waals surface area contributed by atoms with E-state index in [0.29, 0.717) is 34.9 Å². The third kappa shape index (κ3) is 2.43. The second-order valence-corrected chi connectivity index (χ2v) is 14.7. The molecule has 1 saturated heterocycles. The fourth-order valence-corrected chi connectivity index (χ4v) is 11.7. The van der Waals surface area contributed by atoms with E-state index >= 15 is 0 Å². The first kappa shape index (κ1) is 22.4. The largest absolute Gasteiger partial charge is 0.458 e. The van der Waals surface area contributed by atoms with Crippen LogP contribution in [0.5, 0.6) is 0 Å². The molecule has 3 nitrogen and oxygen atoms in total. The van der Waals surface area contributed by atoms with Gasteiger partial charge in [0.25, 0.3) is 0 Å². The van der Waals surface area contributed by atoms with E-state index in [-0.39, 0.29) is 39.7 Å². The molecule has 1 aliphatic heterocycles. The first-order valence-corrected chi connectivity index (χ1v) is 13.7. The number of Topliss-reactive ketones (excluding diaryl/α,β-unsaturated/α-hetero) is 1. The fourth-order valence-electron chi connectivity index (χ4n) is 11.7. The topological polar surface area (TPSA) is 43.4 Å². The van der Waals surface area contributed by atoms with E-state index in [1.807, 2.05) is 0 Å². The molecule has 0 aromatic carbocycles. The lowest BCUT2D eigenvalue weighted by Crippen LogP contribution is -2.66. The van der Waals surface area contributed by atoms with Crippen molar-refractivity contribution in [2.45, 2.75) is 105 Å². The normalized spacial score (nSPS) is 56.8. The molecule has 6 aliphatic rings. The zero-order valence-corrected chi connectivity index (χ0v) is 21.8. The van der Waals surface area contributed by atoms with Crippen molar-refractivity contribution in [2.75, 3.05) is 0 Å². The summed E-state index contributed by atoms with van der Waals surface area (Å²) in [7, 11) is 0. The van der Waals surface area contributed by atoms with Gasteiger partial charge >= 0.3 is 5.97 Å². The maximum absolute atomic E-state index is 12.9. The van der Waals surface area contributed by atoms with Crippen molar-refractivity contribution in [3.63, 3.8) is 0 Å². The Kier molecular flexibility index (Phi) is 4.30. The number of fused-ring (bicyclic) bond motifs is 9. The summed E-state index contributed by atoms with van der Waals surface area (Å²) in [6.07, 6.45) is 10.4. The second kappa shape index (κ2) is 6.35. The summed E-state index contributed by atoms with van der Waals surface area (Å²) in [4.78, 5) is 25.4. The molecule has 0 aromatic rings. The lowest BCUT2D eigenvalue weighted by Gasteiger charge is -2.72. The van der Waals surface area contributed by atoms with Crippen molar-refractivity contribution in [1.82, 2.24) is 0 Å². The Labute approximate surface area is 200 Å². The number of ketones is 1. The van der Waals surface area contributed by atoms with Crippen molar-refractivity contribution in [3.05, 3.63) is 12.2 Å². The average Bonchev–Trinajstić information content (AvgIpc) is 3.17. The van der Waals surface area contributed by atoms with Gasteiger partial charge in [0.05, 0.1) is 0 Å². The van der Waals surface area contributed by atoms with Gasteiger partial charge in [0.2, 0.25) is 0 Å². The minimum absolute atomic E-state index is 0.0614. The molecule has 5 saturated carbocycles. The Hall–Kier alpha value is -1.12. The lowest BCUT2D eigenvalue weighted by molar-refractivity contribution is -0.232. The van der Waals surface area contributed by atoms with Crippen molar-refractivity contribution < 1.29 is 14.3 Å². The van der Waals surface area contributed by atoms with Gasteiger partial charge in [0.15, 0.2) is 0 Å². The Bertz CT molecular complexity index is 948. The van der Waals surface area contributed by atoms with E-state index in [2.05, 4.69) is 48.1 Å². The van der Waals surface area contributed by atoms with Crippen LogP contribution < -0.4 is 0 Å². The van der Waals surface area contributed by atoms with E-state index in [1.165, 1.54) is 38.5 Å². The monoisotopic (exact) mass is 452 g/mol. The molecule has 3 heteroatoms. The van der Waals surface area contributed by atoms with Crippen molar-refractivity contribution >= 4 is 11.8 Å². The van der Waals surface area contributed by atoms with Gasteiger partial charge in [0, 0.05) is 23.3 Å². The van der Waals surface area contributed by atoms with Crippen LogP contribution in [0.4, 0.5) is 0 Å². The minimum atomic E-state index is -0.185. The highest BCUT2D eigenvalue weighted by Gasteiger charge is 2.72. The smallest absolute Gasteiger partial charge is 0.334 e. The number of rotatable bonds is 0. The molecule has 6 rings (SSSR count). The highest BCUT2D eigenvalue weighted by molar-refractivity contribution is 5.91. The fraction of sp³-hybridized carbons (Fsp3) is 0.867. The number of ether oxygens (including phenoxy) is 1. The summed E-state index contributed by atoms with van der Waals surface area (Å²) >= 11 is 0. The number of hydrogen-bond donors (Lipinski definition) is 0. The van der Waals surface area contributed by atoms with Gasteiger partial charge in [0.1, 0.15) is 11.9 Å². The Morgan fingerprint density at radius 2 is 1.58 bits per heavy atom. The van der Waals surface area contributed by atoms with Gasteiger partial charge in [-0.2, -0.15) is 0 Å². The summed E-state index contributed by atoms with van der Waals surface area (Å²) in [6, 6.07) is 0. The van der Waals surface area contributed by atoms with Gasteiger partial charge in [-0.1, -0.05) is 48.1 Å². The minimum Gasteiger partial charge on any atom is -0.458 e. The molecule has 1 heterocycles. The van der Waals surface area contributed by atoms with Crippen LogP contribution in [-0.2, 0) is 14.3 Å². The summed E-state index contributed by atoms with van der Waals surface area (Å²) in [5.41, 5.74) is 1.67. The molecular formula is C30H44O3. The van der Waals surface area contributed by atoms with E-state index in [0.717, 1.165) is 24.8 Å². The molecule has 0 bridgehead atoms.